The minimum atomic E-state index is -4.03. The summed E-state index contributed by atoms with van der Waals surface area (Å²) in [7, 11) is -2.51. The molecule has 0 saturated heterocycles. The Morgan fingerprint density at radius 2 is 1.84 bits per heavy atom. The molecule has 0 aliphatic carbocycles. The van der Waals surface area contributed by atoms with E-state index >= 15 is 0 Å². The number of amides is 2. The molecule has 0 fully saturated rings. The summed E-state index contributed by atoms with van der Waals surface area (Å²) in [6.45, 7) is 7.07. The van der Waals surface area contributed by atoms with E-state index in [1.807, 2.05) is 13.8 Å². The molecular formula is C26H36N4O7S. The van der Waals surface area contributed by atoms with E-state index < -0.39 is 33.4 Å². The topological polar surface area (TPSA) is 139 Å². The number of methoxy groups -OCH3 is 1. The molecular weight excluding hydrogens is 512 g/mol. The Morgan fingerprint density at radius 1 is 1.16 bits per heavy atom. The zero-order chi connectivity index (χ0) is 28.6. The zero-order valence-electron chi connectivity index (χ0n) is 22.6. The smallest absolute Gasteiger partial charge is 0.271 e. The van der Waals surface area contributed by atoms with Crippen LogP contribution in [-0.2, 0) is 26.2 Å². The molecule has 2 aromatic carbocycles. The summed E-state index contributed by atoms with van der Waals surface area (Å²) < 4.78 is 31.7. The highest BCUT2D eigenvalue weighted by Gasteiger charge is 2.32. The lowest BCUT2D eigenvalue weighted by Crippen LogP contribution is -2.52. The minimum Gasteiger partial charge on any atom is -0.497 e. The van der Waals surface area contributed by atoms with Gasteiger partial charge in [0, 0.05) is 25.2 Å². The SMILES string of the molecule is CC[C@H](C(=O)NCC(C)C)N(Cc1cccc(OC)c1)C(=O)CN(c1cc([N+](=O)[O-])ccc1C)S(C)(=O)=O. The van der Waals surface area contributed by atoms with E-state index in [9.17, 15) is 28.1 Å². The first kappa shape index (κ1) is 30.6. The minimum absolute atomic E-state index is 0.0219. The number of nitrogens with zero attached hydrogens (tertiary/aromatic N) is 3. The molecule has 2 amide bonds. The zero-order valence-corrected chi connectivity index (χ0v) is 23.4. The molecule has 0 spiro atoms. The predicted molar refractivity (Wildman–Crippen MR) is 145 cm³/mol. The van der Waals surface area contributed by atoms with Gasteiger partial charge in [-0.25, -0.2) is 8.42 Å². The van der Waals surface area contributed by atoms with E-state index in [1.54, 1.807) is 38.1 Å². The summed E-state index contributed by atoms with van der Waals surface area (Å²) in [5.41, 5.74) is 0.841. The highest BCUT2D eigenvalue weighted by atomic mass is 32.2. The van der Waals surface area contributed by atoms with E-state index in [0.717, 1.165) is 16.6 Å². The fourth-order valence-corrected chi connectivity index (χ4v) is 4.78. The van der Waals surface area contributed by atoms with Gasteiger partial charge in [-0.2, -0.15) is 0 Å². The Kier molecular flexibility index (Phi) is 10.6. The largest absolute Gasteiger partial charge is 0.497 e. The molecule has 0 aromatic heterocycles. The van der Waals surface area contributed by atoms with E-state index in [4.69, 9.17) is 4.74 Å². The third-order valence-electron chi connectivity index (χ3n) is 5.91. The first-order valence-corrected chi connectivity index (χ1v) is 14.1. The number of carbonyl (C=O) groups is 2. The van der Waals surface area contributed by atoms with Gasteiger partial charge in [0.05, 0.1) is 24.0 Å². The van der Waals surface area contributed by atoms with Crippen LogP contribution in [0.2, 0.25) is 0 Å². The van der Waals surface area contributed by atoms with Crippen LogP contribution in [0.5, 0.6) is 5.75 Å². The van der Waals surface area contributed by atoms with Crippen LogP contribution >= 0.6 is 0 Å². The molecule has 0 saturated carbocycles. The van der Waals surface area contributed by atoms with Gasteiger partial charge >= 0.3 is 0 Å². The van der Waals surface area contributed by atoms with Gasteiger partial charge in [-0.3, -0.25) is 24.0 Å². The van der Waals surface area contributed by atoms with Crippen LogP contribution in [0.3, 0.4) is 0 Å². The molecule has 208 valence electrons. The van der Waals surface area contributed by atoms with E-state index in [-0.39, 0.29) is 36.2 Å². The lowest BCUT2D eigenvalue weighted by molar-refractivity contribution is -0.384. The van der Waals surface area contributed by atoms with Gasteiger partial charge in [0.1, 0.15) is 18.3 Å². The van der Waals surface area contributed by atoms with Crippen molar-refractivity contribution in [3.8, 4) is 5.75 Å². The monoisotopic (exact) mass is 548 g/mol. The molecule has 0 heterocycles. The number of ether oxygens (including phenoxy) is 1. The quantitative estimate of drug-likeness (QED) is 0.299. The number of nitro groups is 1. The van der Waals surface area contributed by atoms with Gasteiger partial charge in [0.2, 0.25) is 21.8 Å². The van der Waals surface area contributed by atoms with Crippen LogP contribution in [0.25, 0.3) is 0 Å². The first-order valence-electron chi connectivity index (χ1n) is 12.2. The van der Waals surface area contributed by atoms with Crippen molar-refractivity contribution in [1.82, 2.24) is 10.2 Å². The van der Waals surface area contributed by atoms with Crippen molar-refractivity contribution in [3.05, 3.63) is 63.7 Å². The number of nitro benzene ring substituents is 1. The number of sulfonamides is 1. The molecule has 11 nitrogen and oxygen atoms in total. The van der Waals surface area contributed by atoms with Crippen LogP contribution in [0.1, 0.15) is 38.3 Å². The Labute approximate surface area is 224 Å². The van der Waals surface area contributed by atoms with Crippen molar-refractivity contribution >= 4 is 33.2 Å². The van der Waals surface area contributed by atoms with E-state index in [2.05, 4.69) is 5.32 Å². The molecule has 0 aliphatic rings. The van der Waals surface area contributed by atoms with Crippen LogP contribution in [0, 0.1) is 23.0 Å². The number of hydrogen-bond acceptors (Lipinski definition) is 7. The van der Waals surface area contributed by atoms with Crippen molar-refractivity contribution in [2.24, 2.45) is 5.92 Å². The molecule has 2 rings (SSSR count). The average Bonchev–Trinajstić information content (AvgIpc) is 2.85. The molecule has 12 heteroatoms. The second-order valence-electron chi connectivity index (χ2n) is 9.43. The van der Waals surface area contributed by atoms with Crippen molar-refractivity contribution in [2.45, 2.75) is 46.7 Å². The highest BCUT2D eigenvalue weighted by Crippen LogP contribution is 2.28. The molecule has 0 aliphatic heterocycles. The van der Waals surface area contributed by atoms with Crippen LogP contribution in [-0.4, -0.2) is 62.6 Å². The fourth-order valence-electron chi connectivity index (χ4n) is 3.88. The predicted octanol–water partition coefficient (Wildman–Crippen LogP) is 3.26. The Bertz CT molecular complexity index is 1260. The van der Waals surface area contributed by atoms with Gasteiger partial charge in [0.15, 0.2) is 0 Å². The number of anilines is 1. The molecule has 0 bridgehead atoms. The Morgan fingerprint density at radius 3 is 2.39 bits per heavy atom. The summed E-state index contributed by atoms with van der Waals surface area (Å²) >= 11 is 0. The summed E-state index contributed by atoms with van der Waals surface area (Å²) in [4.78, 5) is 39.0. The molecule has 0 unspecified atom stereocenters. The lowest BCUT2D eigenvalue weighted by atomic mass is 10.1. The second-order valence-corrected chi connectivity index (χ2v) is 11.3. The summed E-state index contributed by atoms with van der Waals surface area (Å²) in [5.74, 6) is -0.223. The van der Waals surface area contributed by atoms with Crippen molar-refractivity contribution < 1.29 is 27.7 Å². The van der Waals surface area contributed by atoms with Gasteiger partial charge < -0.3 is 15.0 Å². The molecule has 1 atom stereocenters. The number of aryl methyl sites for hydroxylation is 1. The fraction of sp³-hybridized carbons (Fsp3) is 0.462. The maximum Gasteiger partial charge on any atom is 0.271 e. The maximum absolute atomic E-state index is 13.8. The van der Waals surface area contributed by atoms with Crippen LogP contribution < -0.4 is 14.4 Å². The maximum atomic E-state index is 13.8. The molecule has 0 radical (unpaired) electrons. The average molecular weight is 549 g/mol. The van der Waals surface area contributed by atoms with Gasteiger partial charge in [-0.05, 0) is 42.5 Å². The Hall–Kier alpha value is -3.67. The van der Waals surface area contributed by atoms with Crippen molar-refractivity contribution in [1.29, 1.82) is 0 Å². The number of carbonyl (C=O) groups excluding carboxylic acids is 2. The number of rotatable bonds is 13. The third kappa shape index (κ3) is 8.17. The van der Waals surface area contributed by atoms with Crippen LogP contribution in [0.15, 0.2) is 42.5 Å². The van der Waals surface area contributed by atoms with Gasteiger partial charge in [0.25, 0.3) is 5.69 Å². The standard InChI is InChI=1S/C26H36N4O7S/c1-7-23(26(32)27-15-18(2)3)28(16-20-9-8-10-22(13-20)37-5)25(31)17-29(38(6,35)36)24-14-21(30(33)34)12-11-19(24)4/h8-14,18,23H,7,15-17H2,1-6H3,(H,27,32)/t23-/m1/s1. The Balaban J connectivity index is 2.53. The summed E-state index contributed by atoms with van der Waals surface area (Å²) in [5, 5.41) is 14.2. The molecule has 38 heavy (non-hydrogen) atoms. The van der Waals surface area contributed by atoms with Gasteiger partial charge in [-0.15, -0.1) is 0 Å². The number of hydrogen-bond donors (Lipinski definition) is 1. The van der Waals surface area contributed by atoms with Crippen LogP contribution in [0.4, 0.5) is 11.4 Å². The first-order chi connectivity index (χ1) is 17.8. The molecule has 1 N–H and O–H groups in total. The second kappa shape index (κ2) is 13.2. The van der Waals surface area contributed by atoms with Crippen molar-refractivity contribution in [2.75, 3.05) is 30.8 Å². The summed E-state index contributed by atoms with van der Waals surface area (Å²) in [6.07, 6.45) is 1.21. The highest BCUT2D eigenvalue weighted by molar-refractivity contribution is 7.92. The van der Waals surface area contributed by atoms with Crippen molar-refractivity contribution in [3.63, 3.8) is 0 Å². The van der Waals surface area contributed by atoms with Gasteiger partial charge in [-0.1, -0.05) is 39.0 Å². The molecule has 2 aromatic rings. The summed E-state index contributed by atoms with van der Waals surface area (Å²) in [6, 6.07) is 9.97. The normalized spacial score (nSPS) is 12.1. The number of benzene rings is 2. The van der Waals surface area contributed by atoms with E-state index in [0.29, 0.717) is 23.4 Å². The third-order valence-corrected chi connectivity index (χ3v) is 7.04. The number of nitrogens with one attached hydrogen (secondary N) is 1. The lowest BCUT2D eigenvalue weighted by Gasteiger charge is -2.33. The number of non-ortho nitro benzene ring substituents is 1. The van der Waals surface area contributed by atoms with E-state index in [1.165, 1.54) is 24.1 Å².